The number of carbonyl (C=O) groups is 1. The van der Waals surface area contributed by atoms with E-state index in [0.717, 1.165) is 23.5 Å². The second-order valence-corrected chi connectivity index (χ2v) is 8.11. The number of benzene rings is 1. The lowest BCUT2D eigenvalue weighted by molar-refractivity contribution is -0.384. The van der Waals surface area contributed by atoms with Crippen LogP contribution in [0.4, 0.5) is 5.69 Å². The summed E-state index contributed by atoms with van der Waals surface area (Å²) in [6.45, 7) is 10.7. The van der Waals surface area contributed by atoms with E-state index in [1.54, 1.807) is 6.92 Å². The molecular formula is C22H27N5O5. The van der Waals surface area contributed by atoms with E-state index in [1.807, 2.05) is 18.5 Å². The average molecular weight is 441 g/mol. The van der Waals surface area contributed by atoms with Crippen molar-refractivity contribution in [2.45, 2.75) is 60.1 Å². The van der Waals surface area contributed by atoms with Gasteiger partial charge in [0.25, 0.3) is 11.6 Å². The lowest BCUT2D eigenvalue weighted by Gasteiger charge is -2.10. The first-order valence-electron chi connectivity index (χ1n) is 10.5. The van der Waals surface area contributed by atoms with Crippen LogP contribution in [0.5, 0.6) is 0 Å². The molecule has 0 saturated heterocycles. The molecule has 170 valence electrons. The van der Waals surface area contributed by atoms with E-state index in [1.165, 1.54) is 24.3 Å². The monoisotopic (exact) mass is 441 g/mol. The molecule has 2 aromatic heterocycles. The van der Waals surface area contributed by atoms with E-state index in [2.05, 4.69) is 29.1 Å². The number of nitro benzene ring substituents is 1. The molecule has 0 spiro atoms. The third-order valence-corrected chi connectivity index (χ3v) is 5.07. The van der Waals surface area contributed by atoms with Crippen molar-refractivity contribution in [1.29, 1.82) is 0 Å². The van der Waals surface area contributed by atoms with Gasteiger partial charge in [-0.1, -0.05) is 13.8 Å². The molecule has 3 aromatic rings. The number of hydrogen-bond acceptors (Lipinski definition) is 8. The summed E-state index contributed by atoms with van der Waals surface area (Å²) in [4.78, 5) is 22.7. The van der Waals surface area contributed by atoms with E-state index in [-0.39, 0.29) is 29.9 Å². The Bertz CT molecular complexity index is 1100. The van der Waals surface area contributed by atoms with E-state index >= 15 is 0 Å². The van der Waals surface area contributed by atoms with Crippen molar-refractivity contribution in [3.63, 3.8) is 0 Å². The van der Waals surface area contributed by atoms with Gasteiger partial charge in [-0.25, -0.2) is 0 Å². The van der Waals surface area contributed by atoms with E-state index in [4.69, 9.17) is 9.15 Å². The Hall–Kier alpha value is -3.56. The minimum absolute atomic E-state index is 0.0315. The van der Waals surface area contributed by atoms with Crippen molar-refractivity contribution in [2.24, 2.45) is 5.92 Å². The predicted molar refractivity (Wildman–Crippen MR) is 116 cm³/mol. The van der Waals surface area contributed by atoms with Crippen molar-refractivity contribution < 1.29 is 18.9 Å². The molecule has 2 heterocycles. The quantitative estimate of drug-likeness (QED) is 0.272. The van der Waals surface area contributed by atoms with Crippen molar-refractivity contribution in [3.8, 4) is 11.5 Å². The summed E-state index contributed by atoms with van der Waals surface area (Å²) in [6.07, 6.45) is 0.0368. The Morgan fingerprint density at radius 2 is 1.88 bits per heavy atom. The minimum Gasteiger partial charge on any atom is -0.453 e. The average Bonchev–Trinajstić information content (AvgIpc) is 3.32. The van der Waals surface area contributed by atoms with Gasteiger partial charge in [0.05, 0.1) is 10.6 Å². The van der Waals surface area contributed by atoms with Gasteiger partial charge in [-0.2, -0.15) is 5.10 Å². The molecule has 10 nitrogen and oxygen atoms in total. The van der Waals surface area contributed by atoms with Crippen molar-refractivity contribution in [3.05, 3.63) is 57.2 Å². The second-order valence-electron chi connectivity index (χ2n) is 8.11. The molecule has 0 aliphatic carbocycles. The molecule has 0 fully saturated rings. The molecule has 0 aliphatic rings. The highest BCUT2D eigenvalue weighted by molar-refractivity contribution is 5.70. The van der Waals surface area contributed by atoms with Gasteiger partial charge in [-0.15, -0.1) is 10.2 Å². The van der Waals surface area contributed by atoms with Crippen LogP contribution in [0.25, 0.3) is 11.5 Å². The summed E-state index contributed by atoms with van der Waals surface area (Å²) in [7, 11) is 0. The fourth-order valence-corrected chi connectivity index (χ4v) is 3.39. The van der Waals surface area contributed by atoms with Gasteiger partial charge in [0, 0.05) is 36.4 Å². The fraction of sp³-hybridized carbons (Fsp3) is 0.455. The van der Waals surface area contributed by atoms with Gasteiger partial charge < -0.3 is 9.15 Å². The molecule has 3 rings (SSSR count). The number of ether oxygens (including phenoxy) is 1. The maximum atomic E-state index is 12.4. The zero-order valence-corrected chi connectivity index (χ0v) is 18.9. The molecular weight excluding hydrogens is 414 g/mol. The van der Waals surface area contributed by atoms with Gasteiger partial charge in [-0.3, -0.25) is 19.6 Å². The molecule has 1 atom stereocenters. The number of esters is 1. The SMILES string of the molecule is Cc1nn(CC(C)C)c(C)c1CCC(=O)OC(C)c1nnc(-c2ccc([N+](=O)[O-])cc2)o1. The molecule has 0 aliphatic heterocycles. The number of aryl methyl sites for hydroxylation is 1. The maximum Gasteiger partial charge on any atom is 0.306 e. The summed E-state index contributed by atoms with van der Waals surface area (Å²) in [5.74, 6) is 0.463. The van der Waals surface area contributed by atoms with Crippen LogP contribution in [0, 0.1) is 29.9 Å². The Labute approximate surface area is 185 Å². The van der Waals surface area contributed by atoms with Gasteiger partial charge in [0.15, 0.2) is 6.10 Å². The summed E-state index contributed by atoms with van der Waals surface area (Å²) in [6, 6.07) is 5.76. The number of rotatable bonds is 9. The highest BCUT2D eigenvalue weighted by atomic mass is 16.6. The zero-order chi connectivity index (χ0) is 23.4. The van der Waals surface area contributed by atoms with Crippen molar-refractivity contribution in [1.82, 2.24) is 20.0 Å². The smallest absolute Gasteiger partial charge is 0.306 e. The second kappa shape index (κ2) is 9.71. The largest absolute Gasteiger partial charge is 0.453 e. The van der Waals surface area contributed by atoms with Crippen LogP contribution in [0.2, 0.25) is 0 Å². The predicted octanol–water partition coefficient (Wildman–Crippen LogP) is 4.35. The normalized spacial score (nSPS) is 12.2. The van der Waals surface area contributed by atoms with Crippen LogP contribution in [-0.2, 0) is 22.5 Å². The summed E-state index contributed by atoms with van der Waals surface area (Å²) in [5.41, 5.74) is 3.57. The van der Waals surface area contributed by atoms with E-state index in [0.29, 0.717) is 17.9 Å². The number of aromatic nitrogens is 4. The van der Waals surface area contributed by atoms with Gasteiger partial charge in [-0.05, 0) is 50.8 Å². The third kappa shape index (κ3) is 5.37. The van der Waals surface area contributed by atoms with Crippen LogP contribution in [0.1, 0.15) is 56.1 Å². The summed E-state index contributed by atoms with van der Waals surface area (Å²) >= 11 is 0. The first-order chi connectivity index (χ1) is 15.2. The lowest BCUT2D eigenvalue weighted by Crippen LogP contribution is -2.11. The van der Waals surface area contributed by atoms with Crippen molar-refractivity contribution >= 4 is 11.7 Å². The third-order valence-electron chi connectivity index (χ3n) is 5.07. The van der Waals surface area contributed by atoms with Gasteiger partial charge in [0.2, 0.25) is 5.89 Å². The molecule has 1 unspecified atom stereocenters. The van der Waals surface area contributed by atoms with Crippen LogP contribution >= 0.6 is 0 Å². The Morgan fingerprint density at radius 1 is 1.19 bits per heavy atom. The van der Waals surface area contributed by atoms with E-state index < -0.39 is 11.0 Å². The number of nitro groups is 1. The first-order valence-corrected chi connectivity index (χ1v) is 10.5. The summed E-state index contributed by atoms with van der Waals surface area (Å²) < 4.78 is 13.0. The minimum atomic E-state index is -0.715. The molecule has 0 radical (unpaired) electrons. The standard InChI is InChI=1S/C22H27N5O5/c1-13(2)12-26-15(4)19(14(3)25-26)10-11-20(28)31-16(5)21-23-24-22(32-21)17-6-8-18(9-7-17)27(29)30/h6-9,13,16H,10-12H2,1-5H3. The van der Waals surface area contributed by atoms with Crippen molar-refractivity contribution in [2.75, 3.05) is 0 Å². The Kier molecular flexibility index (Phi) is 7.01. The fourth-order valence-electron chi connectivity index (χ4n) is 3.39. The van der Waals surface area contributed by atoms with Crippen LogP contribution < -0.4 is 0 Å². The molecule has 1 aromatic carbocycles. The maximum absolute atomic E-state index is 12.4. The highest BCUT2D eigenvalue weighted by Crippen LogP contribution is 2.25. The first kappa shape index (κ1) is 23.1. The Balaban J connectivity index is 1.58. The number of non-ortho nitro benzene ring substituents is 1. The topological polar surface area (TPSA) is 126 Å². The number of hydrogen-bond donors (Lipinski definition) is 0. The molecule has 0 N–H and O–H groups in total. The molecule has 0 bridgehead atoms. The van der Waals surface area contributed by atoms with E-state index in [9.17, 15) is 14.9 Å². The molecule has 10 heteroatoms. The van der Waals surface area contributed by atoms with Crippen LogP contribution in [0.3, 0.4) is 0 Å². The van der Waals surface area contributed by atoms with Crippen LogP contribution in [-0.4, -0.2) is 30.9 Å². The molecule has 0 amide bonds. The van der Waals surface area contributed by atoms with Gasteiger partial charge in [0.1, 0.15) is 0 Å². The number of carbonyl (C=O) groups excluding carboxylic acids is 1. The summed E-state index contributed by atoms with van der Waals surface area (Å²) in [5, 5.41) is 23.2. The van der Waals surface area contributed by atoms with Crippen LogP contribution in [0.15, 0.2) is 28.7 Å². The van der Waals surface area contributed by atoms with Gasteiger partial charge >= 0.3 is 5.97 Å². The zero-order valence-electron chi connectivity index (χ0n) is 18.9. The molecule has 0 saturated carbocycles. The lowest BCUT2D eigenvalue weighted by atomic mass is 10.1. The molecule has 32 heavy (non-hydrogen) atoms. The Morgan fingerprint density at radius 3 is 2.50 bits per heavy atom. The number of nitrogens with zero attached hydrogens (tertiary/aromatic N) is 5. The highest BCUT2D eigenvalue weighted by Gasteiger charge is 2.20.